The van der Waals surface area contributed by atoms with Gasteiger partial charge in [-0.1, -0.05) is 0 Å². The summed E-state index contributed by atoms with van der Waals surface area (Å²) in [7, 11) is 1.86. The van der Waals surface area contributed by atoms with E-state index in [1.807, 2.05) is 36.2 Å². The minimum absolute atomic E-state index is 0.0955. The van der Waals surface area contributed by atoms with E-state index in [1.54, 1.807) is 0 Å². The molecule has 1 saturated heterocycles. The molecule has 1 fully saturated rings. The van der Waals surface area contributed by atoms with Crippen LogP contribution in [0.4, 0.5) is 5.69 Å². The highest BCUT2D eigenvalue weighted by atomic mass is 16.5. The Kier molecular flexibility index (Phi) is 3.98. The Morgan fingerprint density at radius 2 is 2.00 bits per heavy atom. The molecule has 0 spiro atoms. The largest absolute Gasteiger partial charge is 0.388 e. The molecule has 4 nitrogen and oxygen atoms in total. The van der Waals surface area contributed by atoms with Crippen LogP contribution < -0.4 is 5.32 Å². The van der Waals surface area contributed by atoms with Crippen molar-refractivity contribution in [2.75, 3.05) is 38.7 Å². The van der Waals surface area contributed by atoms with Crippen molar-refractivity contribution in [3.05, 3.63) is 29.8 Å². The molecule has 0 saturated carbocycles. The summed E-state index contributed by atoms with van der Waals surface area (Å²) in [6.07, 6.45) is 0.917. The summed E-state index contributed by atoms with van der Waals surface area (Å²) in [5.74, 6) is 0.0955. The van der Waals surface area contributed by atoms with E-state index in [-0.39, 0.29) is 5.91 Å². The van der Waals surface area contributed by atoms with Gasteiger partial charge in [-0.2, -0.15) is 0 Å². The average molecular weight is 234 g/mol. The number of carbonyl (C=O) groups is 1. The highest BCUT2D eigenvalue weighted by Crippen LogP contribution is 2.12. The summed E-state index contributed by atoms with van der Waals surface area (Å²) in [5.41, 5.74) is 1.76. The van der Waals surface area contributed by atoms with Gasteiger partial charge in [0.05, 0.1) is 6.61 Å². The fourth-order valence-corrected chi connectivity index (χ4v) is 1.91. The molecule has 0 radical (unpaired) electrons. The second kappa shape index (κ2) is 5.68. The number of hydrogen-bond acceptors (Lipinski definition) is 3. The lowest BCUT2D eigenvalue weighted by molar-refractivity contribution is 0.0741. The van der Waals surface area contributed by atoms with Gasteiger partial charge in [-0.05, 0) is 30.7 Å². The van der Waals surface area contributed by atoms with Crippen LogP contribution in [0.2, 0.25) is 0 Å². The zero-order valence-corrected chi connectivity index (χ0v) is 10.1. The Morgan fingerprint density at radius 1 is 1.24 bits per heavy atom. The number of benzene rings is 1. The van der Waals surface area contributed by atoms with Crippen molar-refractivity contribution in [1.82, 2.24) is 4.90 Å². The number of ether oxygens (including phenoxy) is 1. The third-order valence-electron chi connectivity index (χ3n) is 2.93. The molecule has 1 aliphatic rings. The van der Waals surface area contributed by atoms with Gasteiger partial charge >= 0.3 is 0 Å². The smallest absolute Gasteiger partial charge is 0.253 e. The molecule has 1 aromatic rings. The molecular formula is C13H18N2O2. The molecule has 1 N–H and O–H groups in total. The SMILES string of the molecule is CNc1ccc(C(=O)N2CCCOCC2)cc1. The number of hydrogen-bond donors (Lipinski definition) is 1. The van der Waals surface area contributed by atoms with Crippen LogP contribution >= 0.6 is 0 Å². The fraction of sp³-hybridized carbons (Fsp3) is 0.462. The molecule has 4 heteroatoms. The Morgan fingerprint density at radius 3 is 2.71 bits per heavy atom. The maximum atomic E-state index is 12.2. The van der Waals surface area contributed by atoms with E-state index in [0.29, 0.717) is 13.2 Å². The van der Waals surface area contributed by atoms with Gasteiger partial charge in [0, 0.05) is 38.0 Å². The zero-order chi connectivity index (χ0) is 12.1. The maximum absolute atomic E-state index is 12.2. The van der Waals surface area contributed by atoms with Crippen LogP contribution in [0.15, 0.2) is 24.3 Å². The summed E-state index contributed by atoms with van der Waals surface area (Å²) in [6, 6.07) is 7.56. The number of rotatable bonds is 2. The van der Waals surface area contributed by atoms with Crippen LogP contribution in [0.5, 0.6) is 0 Å². The number of amides is 1. The van der Waals surface area contributed by atoms with E-state index in [4.69, 9.17) is 4.74 Å². The average Bonchev–Trinajstić information content (AvgIpc) is 2.67. The zero-order valence-electron chi connectivity index (χ0n) is 10.1. The minimum Gasteiger partial charge on any atom is -0.388 e. The third kappa shape index (κ3) is 2.97. The van der Waals surface area contributed by atoms with Crippen molar-refractivity contribution in [1.29, 1.82) is 0 Å². The van der Waals surface area contributed by atoms with Gasteiger partial charge in [-0.3, -0.25) is 4.79 Å². The molecule has 1 aromatic carbocycles. The van der Waals surface area contributed by atoms with Crippen LogP contribution in [0, 0.1) is 0 Å². The summed E-state index contributed by atoms with van der Waals surface area (Å²) in [5, 5.41) is 3.04. The van der Waals surface area contributed by atoms with Crippen LogP contribution in [0.1, 0.15) is 16.8 Å². The molecule has 17 heavy (non-hydrogen) atoms. The van der Waals surface area contributed by atoms with Crippen molar-refractivity contribution in [3.8, 4) is 0 Å². The topological polar surface area (TPSA) is 41.6 Å². The summed E-state index contributed by atoms with van der Waals surface area (Å²) in [4.78, 5) is 14.1. The van der Waals surface area contributed by atoms with E-state index in [0.717, 1.165) is 30.8 Å². The van der Waals surface area contributed by atoms with Gasteiger partial charge in [-0.15, -0.1) is 0 Å². The molecule has 1 amide bonds. The molecule has 92 valence electrons. The van der Waals surface area contributed by atoms with Crippen LogP contribution in [-0.2, 0) is 4.74 Å². The molecule has 0 bridgehead atoms. The Hall–Kier alpha value is -1.55. The van der Waals surface area contributed by atoms with Crippen molar-refractivity contribution >= 4 is 11.6 Å². The molecule has 2 rings (SSSR count). The fourth-order valence-electron chi connectivity index (χ4n) is 1.91. The quantitative estimate of drug-likeness (QED) is 0.845. The van der Waals surface area contributed by atoms with Gasteiger partial charge in [0.25, 0.3) is 5.91 Å². The van der Waals surface area contributed by atoms with Gasteiger partial charge in [-0.25, -0.2) is 0 Å². The lowest BCUT2D eigenvalue weighted by atomic mass is 10.1. The second-order valence-electron chi connectivity index (χ2n) is 4.09. The predicted molar refractivity (Wildman–Crippen MR) is 67.3 cm³/mol. The molecule has 1 heterocycles. The lowest BCUT2D eigenvalue weighted by Crippen LogP contribution is -2.33. The van der Waals surface area contributed by atoms with Gasteiger partial charge in [0.2, 0.25) is 0 Å². The van der Waals surface area contributed by atoms with Gasteiger partial charge in [0.15, 0.2) is 0 Å². The molecule has 0 unspecified atom stereocenters. The van der Waals surface area contributed by atoms with E-state index in [9.17, 15) is 4.79 Å². The van der Waals surface area contributed by atoms with Crippen molar-refractivity contribution in [3.63, 3.8) is 0 Å². The first kappa shape index (κ1) is 11.9. The van der Waals surface area contributed by atoms with Crippen molar-refractivity contribution < 1.29 is 9.53 Å². The molecule has 1 aliphatic heterocycles. The summed E-state index contributed by atoms with van der Waals surface area (Å²) < 4.78 is 5.34. The van der Waals surface area contributed by atoms with E-state index < -0.39 is 0 Å². The number of nitrogens with zero attached hydrogens (tertiary/aromatic N) is 1. The van der Waals surface area contributed by atoms with Crippen LogP contribution in [-0.4, -0.2) is 44.2 Å². The molecule has 0 atom stereocenters. The van der Waals surface area contributed by atoms with Crippen LogP contribution in [0.25, 0.3) is 0 Å². The first-order valence-corrected chi connectivity index (χ1v) is 5.96. The van der Waals surface area contributed by atoms with E-state index >= 15 is 0 Å². The van der Waals surface area contributed by atoms with Crippen molar-refractivity contribution in [2.24, 2.45) is 0 Å². The number of nitrogens with one attached hydrogen (secondary N) is 1. The Balaban J connectivity index is 2.06. The summed E-state index contributed by atoms with van der Waals surface area (Å²) in [6.45, 7) is 2.86. The first-order valence-electron chi connectivity index (χ1n) is 5.96. The molecule has 0 aliphatic carbocycles. The molecular weight excluding hydrogens is 216 g/mol. The maximum Gasteiger partial charge on any atom is 0.253 e. The highest BCUT2D eigenvalue weighted by Gasteiger charge is 2.16. The second-order valence-corrected chi connectivity index (χ2v) is 4.09. The standard InChI is InChI=1S/C13H18N2O2/c1-14-12-5-3-11(4-6-12)13(16)15-7-2-9-17-10-8-15/h3-6,14H,2,7-10H2,1H3. The Bertz CT molecular complexity index is 368. The normalized spacial score (nSPS) is 16.4. The lowest BCUT2D eigenvalue weighted by Gasteiger charge is -2.19. The number of carbonyl (C=O) groups excluding carboxylic acids is 1. The first-order chi connectivity index (χ1) is 8.31. The monoisotopic (exact) mass is 234 g/mol. The summed E-state index contributed by atoms with van der Waals surface area (Å²) >= 11 is 0. The predicted octanol–water partition coefficient (Wildman–Crippen LogP) is 1.59. The minimum atomic E-state index is 0.0955. The van der Waals surface area contributed by atoms with E-state index in [2.05, 4.69) is 5.32 Å². The van der Waals surface area contributed by atoms with Crippen LogP contribution in [0.3, 0.4) is 0 Å². The highest BCUT2D eigenvalue weighted by molar-refractivity contribution is 5.94. The Labute approximate surface area is 102 Å². The van der Waals surface area contributed by atoms with Gasteiger partial charge < -0.3 is 15.0 Å². The van der Waals surface area contributed by atoms with E-state index in [1.165, 1.54) is 0 Å². The molecule has 0 aromatic heterocycles. The number of anilines is 1. The third-order valence-corrected chi connectivity index (χ3v) is 2.93. The van der Waals surface area contributed by atoms with Crippen molar-refractivity contribution in [2.45, 2.75) is 6.42 Å². The van der Waals surface area contributed by atoms with Gasteiger partial charge in [0.1, 0.15) is 0 Å².